The van der Waals surface area contributed by atoms with Gasteiger partial charge in [0.1, 0.15) is 0 Å². The van der Waals surface area contributed by atoms with Gasteiger partial charge in [0.25, 0.3) is 0 Å². The van der Waals surface area contributed by atoms with Crippen LogP contribution < -0.4 is 5.73 Å². The molecule has 50 valence electrons. The number of allylic oxidation sites excluding steroid dienone is 2. The van der Waals surface area contributed by atoms with Crippen molar-refractivity contribution < 1.29 is 0 Å². The zero-order valence-corrected chi connectivity index (χ0v) is 5.41. The molecule has 2 heterocycles. The number of amidine groups is 1. The molecule has 2 aliphatic heterocycles. The molecular formula is C7H7N3. The zero-order chi connectivity index (χ0) is 6.97. The van der Waals surface area contributed by atoms with Gasteiger partial charge in [-0.05, 0) is 6.08 Å². The summed E-state index contributed by atoms with van der Waals surface area (Å²) >= 11 is 0. The van der Waals surface area contributed by atoms with Crippen molar-refractivity contribution in [2.45, 2.75) is 6.42 Å². The van der Waals surface area contributed by atoms with Crippen LogP contribution in [0.5, 0.6) is 0 Å². The van der Waals surface area contributed by atoms with Gasteiger partial charge in [0, 0.05) is 30.1 Å². The van der Waals surface area contributed by atoms with Gasteiger partial charge in [-0.2, -0.15) is 0 Å². The Morgan fingerprint density at radius 3 is 3.30 bits per heavy atom. The van der Waals surface area contributed by atoms with E-state index in [0.29, 0.717) is 0 Å². The van der Waals surface area contributed by atoms with Crippen LogP contribution in [0.15, 0.2) is 33.5 Å². The van der Waals surface area contributed by atoms with Crippen molar-refractivity contribution in [1.29, 1.82) is 0 Å². The maximum absolute atomic E-state index is 5.55. The van der Waals surface area contributed by atoms with E-state index in [1.807, 2.05) is 6.08 Å². The smallest absolute Gasteiger partial charge is 0.155 e. The molecule has 0 aromatic heterocycles. The molecule has 0 aromatic carbocycles. The molecule has 3 nitrogen and oxygen atoms in total. The highest BCUT2D eigenvalue weighted by Gasteiger charge is 2.13. The van der Waals surface area contributed by atoms with Crippen molar-refractivity contribution in [3.05, 3.63) is 23.5 Å². The second kappa shape index (κ2) is 1.80. The third-order valence-corrected chi connectivity index (χ3v) is 1.51. The average Bonchev–Trinajstić information content (AvgIpc) is 2.33. The highest BCUT2D eigenvalue weighted by atomic mass is 14.9. The molecule has 10 heavy (non-hydrogen) atoms. The van der Waals surface area contributed by atoms with E-state index < -0.39 is 0 Å². The Morgan fingerprint density at radius 2 is 2.40 bits per heavy atom. The van der Waals surface area contributed by atoms with Gasteiger partial charge in [-0.25, -0.2) is 9.98 Å². The largest absolute Gasteiger partial charge is 0.401 e. The van der Waals surface area contributed by atoms with E-state index in [9.17, 15) is 0 Å². The summed E-state index contributed by atoms with van der Waals surface area (Å²) in [5, 5.41) is 0. The molecule has 0 saturated carbocycles. The SMILES string of the molecule is NC1=CN=C2N=CC=C2C1. The lowest BCUT2D eigenvalue weighted by Gasteiger charge is -2.06. The highest BCUT2D eigenvalue weighted by molar-refractivity contribution is 6.11. The number of fused-ring (bicyclic) bond motifs is 1. The molecule has 2 N–H and O–H groups in total. The monoisotopic (exact) mass is 133 g/mol. The quantitative estimate of drug-likeness (QED) is 0.516. The van der Waals surface area contributed by atoms with E-state index in [1.165, 1.54) is 0 Å². The van der Waals surface area contributed by atoms with Crippen LogP contribution in [0.2, 0.25) is 0 Å². The van der Waals surface area contributed by atoms with Crippen molar-refractivity contribution in [3.63, 3.8) is 0 Å². The topological polar surface area (TPSA) is 50.7 Å². The molecule has 2 rings (SSSR count). The summed E-state index contributed by atoms with van der Waals surface area (Å²) in [5.41, 5.74) is 7.48. The first-order valence-corrected chi connectivity index (χ1v) is 3.12. The third-order valence-electron chi connectivity index (χ3n) is 1.51. The molecule has 2 aliphatic rings. The summed E-state index contributed by atoms with van der Waals surface area (Å²) < 4.78 is 0. The van der Waals surface area contributed by atoms with E-state index in [1.54, 1.807) is 12.4 Å². The van der Waals surface area contributed by atoms with Crippen LogP contribution in [0.25, 0.3) is 0 Å². The maximum Gasteiger partial charge on any atom is 0.155 e. The summed E-state index contributed by atoms with van der Waals surface area (Å²) in [7, 11) is 0. The molecule has 0 spiro atoms. The van der Waals surface area contributed by atoms with E-state index in [4.69, 9.17) is 5.73 Å². The minimum absolute atomic E-state index is 0.791. The first-order valence-electron chi connectivity index (χ1n) is 3.12. The molecule has 0 radical (unpaired) electrons. The van der Waals surface area contributed by atoms with Gasteiger partial charge < -0.3 is 5.73 Å². The Bertz CT molecular complexity index is 281. The molecule has 0 fully saturated rings. The van der Waals surface area contributed by atoms with E-state index >= 15 is 0 Å². The zero-order valence-electron chi connectivity index (χ0n) is 5.41. The number of hydrogen-bond acceptors (Lipinski definition) is 3. The maximum atomic E-state index is 5.55. The fraction of sp³-hybridized carbons (Fsp3) is 0.143. The highest BCUT2D eigenvalue weighted by Crippen LogP contribution is 2.17. The van der Waals surface area contributed by atoms with Gasteiger partial charge in [-0.1, -0.05) is 0 Å². The summed E-state index contributed by atoms with van der Waals surface area (Å²) in [4.78, 5) is 8.06. The molecule has 0 bridgehead atoms. The van der Waals surface area contributed by atoms with Crippen LogP contribution in [-0.2, 0) is 0 Å². The second-order valence-electron chi connectivity index (χ2n) is 2.30. The predicted octanol–water partition coefficient (Wildman–Crippen LogP) is 0.600. The van der Waals surface area contributed by atoms with Crippen LogP contribution in [0.1, 0.15) is 6.42 Å². The molecular weight excluding hydrogens is 126 g/mol. The van der Waals surface area contributed by atoms with Gasteiger partial charge in [-0.3, -0.25) is 0 Å². The van der Waals surface area contributed by atoms with Gasteiger partial charge in [0.05, 0.1) is 0 Å². The summed E-state index contributed by atoms with van der Waals surface area (Å²) in [6.07, 6.45) is 6.15. The summed E-state index contributed by atoms with van der Waals surface area (Å²) in [6, 6.07) is 0. The van der Waals surface area contributed by atoms with Crippen LogP contribution in [0, 0.1) is 0 Å². The molecule has 0 aromatic rings. The summed E-state index contributed by atoms with van der Waals surface area (Å²) in [5.74, 6) is 0.814. The van der Waals surface area contributed by atoms with E-state index in [2.05, 4.69) is 9.98 Å². The Kier molecular flexibility index (Phi) is 0.974. The van der Waals surface area contributed by atoms with Crippen molar-refractivity contribution in [2.24, 2.45) is 15.7 Å². The first-order chi connectivity index (χ1) is 4.86. The van der Waals surface area contributed by atoms with Crippen LogP contribution >= 0.6 is 0 Å². The number of aliphatic imine (C=N–C) groups is 2. The normalized spacial score (nSPS) is 21.4. The first kappa shape index (κ1) is 5.41. The second-order valence-corrected chi connectivity index (χ2v) is 2.30. The Hall–Kier alpha value is -1.38. The van der Waals surface area contributed by atoms with Crippen molar-refractivity contribution in [2.75, 3.05) is 0 Å². The average molecular weight is 133 g/mol. The lowest BCUT2D eigenvalue weighted by atomic mass is 10.1. The fourth-order valence-electron chi connectivity index (χ4n) is 1.02. The predicted molar refractivity (Wildman–Crippen MR) is 40.9 cm³/mol. The van der Waals surface area contributed by atoms with Crippen LogP contribution in [-0.4, -0.2) is 12.1 Å². The van der Waals surface area contributed by atoms with Gasteiger partial charge in [-0.15, -0.1) is 0 Å². The minimum atomic E-state index is 0.791. The molecule has 3 heteroatoms. The lowest BCUT2D eigenvalue weighted by molar-refractivity contribution is 1.09. The minimum Gasteiger partial charge on any atom is -0.401 e. The Balaban J connectivity index is 2.42. The number of hydrogen-bond donors (Lipinski definition) is 1. The van der Waals surface area contributed by atoms with E-state index in [-0.39, 0.29) is 0 Å². The Labute approximate surface area is 58.7 Å². The summed E-state index contributed by atoms with van der Waals surface area (Å²) in [6.45, 7) is 0. The van der Waals surface area contributed by atoms with Crippen molar-refractivity contribution in [3.8, 4) is 0 Å². The third kappa shape index (κ3) is 0.673. The van der Waals surface area contributed by atoms with Crippen molar-refractivity contribution in [1.82, 2.24) is 0 Å². The molecule has 0 unspecified atom stereocenters. The van der Waals surface area contributed by atoms with Crippen molar-refractivity contribution >= 4 is 12.1 Å². The van der Waals surface area contributed by atoms with Crippen LogP contribution in [0.3, 0.4) is 0 Å². The molecule has 0 saturated heterocycles. The molecule has 0 amide bonds. The molecule has 0 aliphatic carbocycles. The number of rotatable bonds is 0. The number of nitrogens with zero attached hydrogens (tertiary/aromatic N) is 2. The fourth-order valence-corrected chi connectivity index (χ4v) is 1.02. The Morgan fingerprint density at radius 1 is 1.50 bits per heavy atom. The van der Waals surface area contributed by atoms with Crippen LogP contribution in [0.4, 0.5) is 0 Å². The van der Waals surface area contributed by atoms with E-state index in [0.717, 1.165) is 23.5 Å². The molecule has 0 atom stereocenters. The lowest BCUT2D eigenvalue weighted by Crippen LogP contribution is -2.07. The van der Waals surface area contributed by atoms with Gasteiger partial charge >= 0.3 is 0 Å². The number of nitrogens with two attached hydrogens (primary N) is 1. The standard InChI is InChI=1S/C7H7N3/c8-6-3-5-1-2-9-7(5)10-4-6/h1-2,4H,3,8H2. The van der Waals surface area contributed by atoms with Gasteiger partial charge in [0.15, 0.2) is 5.84 Å². The van der Waals surface area contributed by atoms with Gasteiger partial charge in [0.2, 0.25) is 0 Å².